The van der Waals surface area contributed by atoms with Crippen molar-refractivity contribution in [1.82, 2.24) is 15.1 Å². The van der Waals surface area contributed by atoms with Gasteiger partial charge in [0, 0.05) is 22.8 Å². The molecule has 0 unspecified atom stereocenters. The zero-order chi connectivity index (χ0) is 20.4. The van der Waals surface area contributed by atoms with Gasteiger partial charge in [-0.15, -0.1) is 10.2 Å². The van der Waals surface area contributed by atoms with Crippen molar-refractivity contribution in [3.8, 4) is 0 Å². The highest BCUT2D eigenvalue weighted by Crippen LogP contribution is 2.34. The second-order valence-corrected chi connectivity index (χ2v) is 8.02. The van der Waals surface area contributed by atoms with E-state index in [0.717, 1.165) is 24.2 Å². The summed E-state index contributed by atoms with van der Waals surface area (Å²) in [6.07, 6.45) is 1.55. The van der Waals surface area contributed by atoms with Crippen LogP contribution in [0.1, 0.15) is 44.1 Å². The fraction of sp³-hybridized carbons (Fsp3) is 0.200. The predicted octanol–water partition coefficient (Wildman–Crippen LogP) is 4.56. The van der Waals surface area contributed by atoms with E-state index in [1.165, 1.54) is 24.3 Å². The van der Waals surface area contributed by atoms with Crippen LogP contribution in [0.4, 0.5) is 10.1 Å². The highest BCUT2D eigenvalue weighted by atomic mass is 35.5. The predicted molar refractivity (Wildman–Crippen MR) is 109 cm³/mol. The summed E-state index contributed by atoms with van der Waals surface area (Å²) in [5.41, 5.74) is 0.981. The molecule has 29 heavy (non-hydrogen) atoms. The van der Waals surface area contributed by atoms with Crippen LogP contribution in [0.3, 0.4) is 0 Å². The van der Waals surface area contributed by atoms with Gasteiger partial charge in [0.15, 0.2) is 0 Å². The van der Waals surface area contributed by atoms with Gasteiger partial charge in [0.05, 0.1) is 6.04 Å². The molecule has 1 aromatic heterocycles. The average molecular weight is 431 g/mol. The normalized spacial score (nSPS) is 16.1. The number of rotatable bonds is 4. The molecule has 2 aromatic carbocycles. The molecule has 9 heteroatoms. The highest BCUT2D eigenvalue weighted by Gasteiger charge is 2.33. The molecule has 0 radical (unpaired) electrons. The number of aromatic nitrogens is 2. The molecule has 148 valence electrons. The van der Waals surface area contributed by atoms with E-state index in [4.69, 9.17) is 11.6 Å². The smallest absolute Gasteiger partial charge is 0.286 e. The number of amides is 2. The Bertz CT molecular complexity index is 1060. The highest BCUT2D eigenvalue weighted by molar-refractivity contribution is 7.13. The van der Waals surface area contributed by atoms with E-state index >= 15 is 0 Å². The van der Waals surface area contributed by atoms with E-state index in [-0.39, 0.29) is 28.7 Å². The summed E-state index contributed by atoms with van der Waals surface area (Å²) in [6, 6.07) is 12.0. The van der Waals surface area contributed by atoms with Crippen molar-refractivity contribution in [1.29, 1.82) is 0 Å². The number of nitrogens with one attached hydrogen (secondary N) is 1. The fourth-order valence-corrected chi connectivity index (χ4v) is 4.31. The number of hydrogen-bond acceptors (Lipinski definition) is 5. The first-order chi connectivity index (χ1) is 14.0. The van der Waals surface area contributed by atoms with Gasteiger partial charge in [-0.3, -0.25) is 9.59 Å². The third-order valence-corrected chi connectivity index (χ3v) is 5.87. The monoisotopic (exact) mass is 430 g/mol. The van der Waals surface area contributed by atoms with Gasteiger partial charge in [0.25, 0.3) is 11.8 Å². The maximum atomic E-state index is 13.1. The quantitative estimate of drug-likeness (QED) is 0.658. The molecule has 3 aromatic rings. The summed E-state index contributed by atoms with van der Waals surface area (Å²) in [7, 11) is 0. The lowest BCUT2D eigenvalue weighted by molar-refractivity contribution is 0.0735. The van der Waals surface area contributed by atoms with Crippen LogP contribution in [0.15, 0.2) is 48.5 Å². The second-order valence-electron chi connectivity index (χ2n) is 6.57. The van der Waals surface area contributed by atoms with Gasteiger partial charge in [0.2, 0.25) is 5.01 Å². The van der Waals surface area contributed by atoms with Crippen molar-refractivity contribution in [2.24, 2.45) is 0 Å². The van der Waals surface area contributed by atoms with E-state index in [0.29, 0.717) is 27.8 Å². The Labute approximate surface area is 175 Å². The Morgan fingerprint density at radius 3 is 2.72 bits per heavy atom. The van der Waals surface area contributed by atoms with Crippen molar-refractivity contribution in [2.45, 2.75) is 18.9 Å². The van der Waals surface area contributed by atoms with Crippen molar-refractivity contribution in [3.63, 3.8) is 0 Å². The summed E-state index contributed by atoms with van der Waals surface area (Å²) in [5, 5.41) is 12.2. The average Bonchev–Trinajstić information content (AvgIpc) is 3.37. The van der Waals surface area contributed by atoms with Crippen LogP contribution in [-0.2, 0) is 0 Å². The van der Waals surface area contributed by atoms with E-state index in [2.05, 4.69) is 15.5 Å². The SMILES string of the molecule is O=C(Nc1cccc(Cl)c1)c1nnc([C@@H]2CCCN2C(=O)c2ccc(F)cc2)s1. The minimum atomic E-state index is -0.390. The lowest BCUT2D eigenvalue weighted by Gasteiger charge is -2.22. The number of hydrogen-bond donors (Lipinski definition) is 1. The van der Waals surface area contributed by atoms with Crippen molar-refractivity contribution in [2.75, 3.05) is 11.9 Å². The first-order valence-electron chi connectivity index (χ1n) is 8.98. The van der Waals surface area contributed by atoms with Gasteiger partial charge in [-0.1, -0.05) is 29.0 Å². The van der Waals surface area contributed by atoms with Gasteiger partial charge >= 0.3 is 0 Å². The van der Waals surface area contributed by atoms with Crippen LogP contribution >= 0.6 is 22.9 Å². The van der Waals surface area contributed by atoms with Crippen LogP contribution in [0, 0.1) is 5.82 Å². The maximum absolute atomic E-state index is 13.1. The Morgan fingerprint density at radius 2 is 1.97 bits per heavy atom. The molecule has 0 bridgehead atoms. The number of halogens is 2. The zero-order valence-corrected chi connectivity index (χ0v) is 16.7. The third-order valence-electron chi connectivity index (χ3n) is 4.61. The van der Waals surface area contributed by atoms with Gasteiger partial charge in [-0.25, -0.2) is 4.39 Å². The molecule has 0 saturated carbocycles. The van der Waals surface area contributed by atoms with E-state index < -0.39 is 0 Å². The molecule has 6 nitrogen and oxygen atoms in total. The van der Waals surface area contributed by atoms with Crippen LogP contribution in [0.25, 0.3) is 0 Å². The number of carbonyl (C=O) groups excluding carboxylic acids is 2. The lowest BCUT2D eigenvalue weighted by Crippen LogP contribution is -2.30. The maximum Gasteiger partial charge on any atom is 0.286 e. The molecule has 1 aliphatic heterocycles. The number of likely N-dealkylation sites (tertiary alicyclic amines) is 1. The number of nitrogens with zero attached hydrogens (tertiary/aromatic N) is 3. The van der Waals surface area contributed by atoms with E-state index in [9.17, 15) is 14.0 Å². The fourth-order valence-electron chi connectivity index (χ4n) is 3.24. The summed E-state index contributed by atoms with van der Waals surface area (Å²) in [5.74, 6) is -0.961. The Kier molecular flexibility index (Phi) is 5.55. The standard InChI is InChI=1S/C20H16ClFN4O2S/c21-13-3-1-4-15(11-13)23-17(27)19-25-24-18(29-19)16-5-2-10-26(16)20(28)12-6-8-14(22)9-7-12/h1,3-4,6-9,11,16H,2,5,10H2,(H,23,27)/t16-/m0/s1. The van der Waals surface area contributed by atoms with Gasteiger partial charge in [-0.05, 0) is 55.3 Å². The molecule has 1 fully saturated rings. The molecule has 1 atom stereocenters. The number of anilines is 1. The third kappa shape index (κ3) is 4.28. The summed E-state index contributed by atoms with van der Waals surface area (Å²) >= 11 is 7.09. The van der Waals surface area contributed by atoms with Crippen molar-refractivity contribution in [3.05, 3.63) is 74.9 Å². The van der Waals surface area contributed by atoms with Crippen LogP contribution < -0.4 is 5.32 Å². The topological polar surface area (TPSA) is 75.2 Å². The minimum Gasteiger partial charge on any atom is -0.329 e. The number of carbonyl (C=O) groups is 2. The number of benzene rings is 2. The zero-order valence-electron chi connectivity index (χ0n) is 15.1. The van der Waals surface area contributed by atoms with E-state index in [1.807, 2.05) is 0 Å². The molecule has 1 saturated heterocycles. The summed E-state index contributed by atoms with van der Waals surface area (Å²) in [6.45, 7) is 0.574. The van der Waals surface area contributed by atoms with Crippen LogP contribution in [0.2, 0.25) is 5.02 Å². The molecule has 2 amide bonds. The molecule has 2 heterocycles. The summed E-state index contributed by atoms with van der Waals surface area (Å²) in [4.78, 5) is 27.0. The van der Waals surface area contributed by atoms with Gasteiger partial charge in [-0.2, -0.15) is 0 Å². The first kappa shape index (κ1) is 19.5. The summed E-state index contributed by atoms with van der Waals surface area (Å²) < 4.78 is 13.1. The van der Waals surface area contributed by atoms with E-state index in [1.54, 1.807) is 29.2 Å². The largest absolute Gasteiger partial charge is 0.329 e. The molecular weight excluding hydrogens is 415 g/mol. The lowest BCUT2D eigenvalue weighted by atomic mass is 10.1. The Hall–Kier alpha value is -2.84. The molecule has 1 aliphatic rings. The van der Waals surface area contributed by atoms with Gasteiger partial charge < -0.3 is 10.2 Å². The molecule has 0 aliphatic carbocycles. The molecule has 4 rings (SSSR count). The van der Waals surface area contributed by atoms with Crippen LogP contribution in [-0.4, -0.2) is 33.5 Å². The molecule has 0 spiro atoms. The van der Waals surface area contributed by atoms with Gasteiger partial charge in [0.1, 0.15) is 10.8 Å². The molecule has 1 N–H and O–H groups in total. The Morgan fingerprint density at radius 1 is 1.17 bits per heavy atom. The molecular formula is C20H16ClFN4O2S. The minimum absolute atomic E-state index is 0.187. The van der Waals surface area contributed by atoms with Crippen molar-refractivity contribution < 1.29 is 14.0 Å². The van der Waals surface area contributed by atoms with Crippen molar-refractivity contribution >= 4 is 40.4 Å². The Balaban J connectivity index is 1.49. The van der Waals surface area contributed by atoms with Crippen LogP contribution in [0.5, 0.6) is 0 Å². The first-order valence-corrected chi connectivity index (χ1v) is 10.2. The second kappa shape index (κ2) is 8.26.